The van der Waals surface area contributed by atoms with Crippen LogP contribution in [-0.2, 0) is 14.8 Å². The molecule has 0 radical (unpaired) electrons. The van der Waals surface area contributed by atoms with Crippen molar-refractivity contribution in [3.63, 3.8) is 0 Å². The molecular formula is C7H15NO3S. The molecule has 0 amide bonds. The molecule has 72 valence electrons. The van der Waals surface area contributed by atoms with Crippen LogP contribution in [0.3, 0.4) is 0 Å². The van der Waals surface area contributed by atoms with Gasteiger partial charge >= 0.3 is 0 Å². The lowest BCUT2D eigenvalue weighted by Gasteiger charge is -2.37. The highest BCUT2D eigenvalue weighted by Crippen LogP contribution is 2.20. The average molecular weight is 193 g/mol. The van der Waals surface area contributed by atoms with Crippen LogP contribution in [-0.4, -0.2) is 44.8 Å². The fourth-order valence-electron chi connectivity index (χ4n) is 1.21. The van der Waals surface area contributed by atoms with Gasteiger partial charge in [0, 0.05) is 19.7 Å². The van der Waals surface area contributed by atoms with Crippen LogP contribution in [0.4, 0.5) is 0 Å². The smallest absolute Gasteiger partial charge is 0.216 e. The van der Waals surface area contributed by atoms with E-state index in [1.54, 1.807) is 0 Å². The van der Waals surface area contributed by atoms with E-state index in [0.717, 1.165) is 6.42 Å². The van der Waals surface area contributed by atoms with Crippen molar-refractivity contribution in [3.8, 4) is 0 Å². The Hall–Kier alpha value is -0.130. The lowest BCUT2D eigenvalue weighted by atomic mass is 10.1. The second-order valence-corrected chi connectivity index (χ2v) is 5.10. The first-order chi connectivity index (χ1) is 5.58. The van der Waals surface area contributed by atoms with Crippen molar-refractivity contribution < 1.29 is 13.2 Å². The van der Waals surface area contributed by atoms with Crippen molar-refractivity contribution in [2.45, 2.75) is 19.4 Å². The van der Waals surface area contributed by atoms with Crippen LogP contribution < -0.4 is 0 Å². The largest absolute Gasteiger partial charge is 0.384 e. The van der Waals surface area contributed by atoms with Crippen molar-refractivity contribution in [2.24, 2.45) is 0 Å². The molecule has 0 bridgehead atoms. The predicted octanol–water partition coefficient (Wildman–Crippen LogP) is 0.0568. The summed E-state index contributed by atoms with van der Waals surface area (Å²) in [5.41, 5.74) is 0. The molecule has 0 saturated carbocycles. The van der Waals surface area contributed by atoms with Crippen molar-refractivity contribution in [1.82, 2.24) is 4.31 Å². The lowest BCUT2D eigenvalue weighted by Crippen LogP contribution is -2.50. The van der Waals surface area contributed by atoms with E-state index in [-0.39, 0.29) is 18.4 Å². The maximum absolute atomic E-state index is 11.4. The fraction of sp³-hybridized carbons (Fsp3) is 1.00. The van der Waals surface area contributed by atoms with Crippen LogP contribution >= 0.6 is 0 Å². The van der Waals surface area contributed by atoms with Gasteiger partial charge in [-0.1, -0.05) is 0 Å². The third-order valence-corrected chi connectivity index (χ3v) is 4.10. The van der Waals surface area contributed by atoms with E-state index < -0.39 is 10.0 Å². The van der Waals surface area contributed by atoms with Gasteiger partial charge in [-0.15, -0.1) is 0 Å². The minimum Gasteiger partial charge on any atom is -0.384 e. The molecule has 0 N–H and O–H groups in total. The number of nitrogens with zero attached hydrogens (tertiary/aromatic N) is 1. The van der Waals surface area contributed by atoms with Crippen molar-refractivity contribution in [2.75, 3.05) is 26.0 Å². The van der Waals surface area contributed by atoms with Crippen LogP contribution in [0.25, 0.3) is 0 Å². The zero-order valence-electron chi connectivity index (χ0n) is 7.49. The summed E-state index contributed by atoms with van der Waals surface area (Å²) in [6.45, 7) is 2.88. The highest BCUT2D eigenvalue weighted by molar-refractivity contribution is 7.89. The van der Waals surface area contributed by atoms with Crippen molar-refractivity contribution in [1.29, 1.82) is 0 Å². The summed E-state index contributed by atoms with van der Waals surface area (Å²) >= 11 is 0. The fourth-order valence-corrected chi connectivity index (χ4v) is 2.86. The summed E-state index contributed by atoms with van der Waals surface area (Å²) in [5.74, 6) is 0.105. The van der Waals surface area contributed by atoms with E-state index in [9.17, 15) is 8.42 Å². The summed E-state index contributed by atoms with van der Waals surface area (Å²) in [6.07, 6.45) is 0.978. The highest BCUT2D eigenvalue weighted by Gasteiger charge is 2.33. The first-order valence-electron chi connectivity index (χ1n) is 4.06. The van der Waals surface area contributed by atoms with Crippen LogP contribution in [0.15, 0.2) is 0 Å². The maximum Gasteiger partial charge on any atom is 0.216 e. The number of hydrogen-bond donors (Lipinski definition) is 0. The minimum atomic E-state index is -3.03. The Balaban J connectivity index is 2.48. The van der Waals surface area contributed by atoms with Gasteiger partial charge in [0.05, 0.1) is 12.4 Å². The van der Waals surface area contributed by atoms with Crippen LogP contribution in [0.2, 0.25) is 0 Å². The minimum absolute atomic E-state index is 0.105. The molecule has 1 aliphatic rings. The third-order valence-electron chi connectivity index (χ3n) is 2.16. The summed E-state index contributed by atoms with van der Waals surface area (Å²) in [4.78, 5) is 0. The summed E-state index contributed by atoms with van der Waals surface area (Å²) in [5, 5.41) is 0. The molecule has 0 aromatic heterocycles. The molecule has 0 spiro atoms. The molecule has 1 aliphatic heterocycles. The predicted molar refractivity (Wildman–Crippen MR) is 46.4 cm³/mol. The second kappa shape index (κ2) is 3.72. The Kier molecular flexibility index (Phi) is 3.09. The van der Waals surface area contributed by atoms with E-state index in [1.807, 2.05) is 6.92 Å². The van der Waals surface area contributed by atoms with Gasteiger partial charge in [0.15, 0.2) is 0 Å². The molecule has 0 unspecified atom stereocenters. The van der Waals surface area contributed by atoms with E-state index in [1.165, 1.54) is 11.4 Å². The Bertz CT molecular complexity index is 237. The van der Waals surface area contributed by atoms with E-state index in [4.69, 9.17) is 4.74 Å². The summed E-state index contributed by atoms with van der Waals surface area (Å²) < 4.78 is 29.1. The Labute approximate surface area is 73.6 Å². The van der Waals surface area contributed by atoms with E-state index in [2.05, 4.69) is 0 Å². The molecule has 1 saturated heterocycles. The number of sulfonamides is 1. The molecule has 5 heteroatoms. The van der Waals surface area contributed by atoms with Gasteiger partial charge in [-0.25, -0.2) is 8.42 Å². The number of hydrogen-bond acceptors (Lipinski definition) is 3. The SMILES string of the molecule is COCCS(=O)(=O)N1CC[C@H]1C. The monoisotopic (exact) mass is 193 g/mol. The quantitative estimate of drug-likeness (QED) is 0.634. The Morgan fingerprint density at radius 1 is 1.58 bits per heavy atom. The first kappa shape index (κ1) is 9.95. The van der Waals surface area contributed by atoms with Gasteiger partial charge in [-0.3, -0.25) is 0 Å². The van der Waals surface area contributed by atoms with Gasteiger partial charge < -0.3 is 4.74 Å². The van der Waals surface area contributed by atoms with E-state index >= 15 is 0 Å². The molecule has 1 fully saturated rings. The number of ether oxygens (including phenoxy) is 1. The maximum atomic E-state index is 11.4. The average Bonchev–Trinajstić information content (AvgIpc) is 1.97. The molecule has 0 aromatic rings. The van der Waals surface area contributed by atoms with Crippen LogP contribution in [0, 0.1) is 0 Å². The molecular weight excluding hydrogens is 178 g/mol. The molecule has 1 rings (SSSR count). The Morgan fingerprint density at radius 3 is 2.58 bits per heavy atom. The van der Waals surface area contributed by atoms with E-state index in [0.29, 0.717) is 6.54 Å². The zero-order valence-corrected chi connectivity index (χ0v) is 8.30. The third kappa shape index (κ3) is 1.97. The molecule has 1 heterocycles. The number of rotatable bonds is 4. The highest BCUT2D eigenvalue weighted by atomic mass is 32.2. The van der Waals surface area contributed by atoms with Gasteiger partial charge in [0.2, 0.25) is 10.0 Å². The molecule has 1 atom stereocenters. The van der Waals surface area contributed by atoms with Crippen LogP contribution in [0.5, 0.6) is 0 Å². The van der Waals surface area contributed by atoms with Gasteiger partial charge in [-0.2, -0.15) is 4.31 Å². The summed E-state index contributed by atoms with van der Waals surface area (Å²) in [7, 11) is -1.52. The van der Waals surface area contributed by atoms with Crippen molar-refractivity contribution in [3.05, 3.63) is 0 Å². The van der Waals surface area contributed by atoms with Crippen LogP contribution in [0.1, 0.15) is 13.3 Å². The van der Waals surface area contributed by atoms with Gasteiger partial charge in [0.1, 0.15) is 0 Å². The summed E-state index contributed by atoms with van der Waals surface area (Å²) in [6, 6.07) is 0.187. The molecule has 4 nitrogen and oxygen atoms in total. The van der Waals surface area contributed by atoms with Gasteiger partial charge in [0.25, 0.3) is 0 Å². The van der Waals surface area contributed by atoms with Gasteiger partial charge in [-0.05, 0) is 13.3 Å². The normalized spacial score (nSPS) is 25.3. The van der Waals surface area contributed by atoms with Crippen molar-refractivity contribution >= 4 is 10.0 Å². The lowest BCUT2D eigenvalue weighted by molar-refractivity contribution is 0.199. The molecule has 0 aliphatic carbocycles. The standard InChI is InChI=1S/C7H15NO3S/c1-7-3-4-8(7)12(9,10)6-5-11-2/h7H,3-6H2,1-2H3/t7-/m1/s1. The molecule has 0 aromatic carbocycles. The molecule has 12 heavy (non-hydrogen) atoms. The second-order valence-electron chi connectivity index (χ2n) is 3.06. The number of methoxy groups -OCH3 is 1. The Morgan fingerprint density at radius 2 is 2.25 bits per heavy atom. The first-order valence-corrected chi connectivity index (χ1v) is 5.67. The topological polar surface area (TPSA) is 46.6 Å². The zero-order chi connectivity index (χ0) is 9.19.